The molecule has 0 aliphatic heterocycles. The van der Waals surface area contributed by atoms with Crippen LogP contribution >= 0.6 is 0 Å². The second-order valence-corrected chi connectivity index (χ2v) is 6.55. The van der Waals surface area contributed by atoms with E-state index in [0.717, 1.165) is 53.8 Å². The summed E-state index contributed by atoms with van der Waals surface area (Å²) in [5, 5.41) is 6.60. The minimum atomic E-state index is 0.510. The molecule has 0 radical (unpaired) electrons. The third kappa shape index (κ3) is 7.83. The Kier molecular flexibility index (Phi) is 10.4. The number of nitrogens with zero attached hydrogens (tertiary/aromatic N) is 1. The van der Waals surface area contributed by atoms with Gasteiger partial charge in [0.25, 0.3) is 0 Å². The van der Waals surface area contributed by atoms with Crippen LogP contribution in [0.2, 0.25) is 0 Å². The van der Waals surface area contributed by atoms with Gasteiger partial charge in [0.2, 0.25) is 0 Å². The molecule has 0 atom stereocenters. The molecular formula is C23H33N3O4. The highest BCUT2D eigenvalue weighted by atomic mass is 16.5. The van der Waals surface area contributed by atoms with Crippen molar-refractivity contribution in [3.8, 4) is 17.2 Å². The van der Waals surface area contributed by atoms with Crippen LogP contribution in [0.5, 0.6) is 17.2 Å². The van der Waals surface area contributed by atoms with Gasteiger partial charge in [0.1, 0.15) is 17.2 Å². The smallest absolute Gasteiger partial charge is 0.191 e. The molecule has 0 aliphatic carbocycles. The van der Waals surface area contributed by atoms with E-state index in [4.69, 9.17) is 18.9 Å². The summed E-state index contributed by atoms with van der Waals surface area (Å²) < 4.78 is 21.6. The Hall–Kier alpha value is -2.93. The predicted molar refractivity (Wildman–Crippen MR) is 120 cm³/mol. The van der Waals surface area contributed by atoms with E-state index in [2.05, 4.69) is 15.6 Å². The first kappa shape index (κ1) is 23.3. The lowest BCUT2D eigenvalue weighted by molar-refractivity contribution is 0.119. The number of aliphatic imine (C=N–C) groups is 1. The third-order valence-electron chi connectivity index (χ3n) is 4.43. The molecule has 2 rings (SSSR count). The highest BCUT2D eigenvalue weighted by molar-refractivity contribution is 5.79. The van der Waals surface area contributed by atoms with E-state index in [-0.39, 0.29) is 0 Å². The van der Waals surface area contributed by atoms with Crippen molar-refractivity contribution in [3.63, 3.8) is 0 Å². The largest absolute Gasteiger partial charge is 0.497 e. The fourth-order valence-electron chi connectivity index (χ4n) is 2.78. The van der Waals surface area contributed by atoms with Gasteiger partial charge in [-0.2, -0.15) is 0 Å². The molecule has 7 nitrogen and oxygen atoms in total. The van der Waals surface area contributed by atoms with Crippen molar-refractivity contribution in [2.24, 2.45) is 4.99 Å². The molecular weight excluding hydrogens is 382 g/mol. The van der Waals surface area contributed by atoms with Crippen LogP contribution in [0.25, 0.3) is 0 Å². The van der Waals surface area contributed by atoms with Crippen molar-refractivity contribution in [2.75, 3.05) is 41.0 Å². The quantitative estimate of drug-likeness (QED) is 0.315. The van der Waals surface area contributed by atoms with Crippen LogP contribution in [0.1, 0.15) is 24.5 Å². The zero-order valence-electron chi connectivity index (χ0n) is 18.4. The maximum absolute atomic E-state index is 5.75. The summed E-state index contributed by atoms with van der Waals surface area (Å²) in [5.74, 6) is 3.15. The van der Waals surface area contributed by atoms with E-state index < -0.39 is 0 Å². The Morgan fingerprint density at radius 2 is 1.63 bits per heavy atom. The number of hydrogen-bond donors (Lipinski definition) is 2. The molecule has 0 unspecified atom stereocenters. The molecule has 0 aromatic heterocycles. The summed E-state index contributed by atoms with van der Waals surface area (Å²) >= 11 is 0. The standard InChI is InChI=1S/C23H33N3O4/c1-5-24-23(26-16-19-9-12-21(28-3)15-22(19)29-4)25-13-6-14-30-17-18-7-10-20(27-2)11-8-18/h7-12,15H,5-6,13-14,16-17H2,1-4H3,(H2,24,25,26). The van der Waals surface area contributed by atoms with Crippen LogP contribution in [0.3, 0.4) is 0 Å². The predicted octanol–water partition coefficient (Wildman–Crippen LogP) is 3.37. The van der Waals surface area contributed by atoms with E-state index in [1.54, 1.807) is 21.3 Å². The molecule has 0 spiro atoms. The highest BCUT2D eigenvalue weighted by Gasteiger charge is 2.05. The van der Waals surface area contributed by atoms with Crippen LogP contribution in [-0.2, 0) is 17.9 Å². The molecule has 2 N–H and O–H groups in total. The molecule has 0 fully saturated rings. The van der Waals surface area contributed by atoms with E-state index in [1.165, 1.54) is 0 Å². The van der Waals surface area contributed by atoms with Crippen molar-refractivity contribution >= 4 is 5.96 Å². The van der Waals surface area contributed by atoms with Gasteiger partial charge in [-0.05, 0) is 43.2 Å². The topological polar surface area (TPSA) is 73.3 Å². The van der Waals surface area contributed by atoms with Gasteiger partial charge in [0.15, 0.2) is 5.96 Å². The lowest BCUT2D eigenvalue weighted by atomic mass is 10.2. The third-order valence-corrected chi connectivity index (χ3v) is 4.43. The molecule has 2 aromatic rings. The fraction of sp³-hybridized carbons (Fsp3) is 0.435. The highest BCUT2D eigenvalue weighted by Crippen LogP contribution is 2.25. The van der Waals surface area contributed by atoms with Gasteiger partial charge in [-0.3, -0.25) is 0 Å². The van der Waals surface area contributed by atoms with Crippen molar-refractivity contribution < 1.29 is 18.9 Å². The van der Waals surface area contributed by atoms with E-state index in [9.17, 15) is 0 Å². The molecule has 7 heteroatoms. The summed E-state index contributed by atoms with van der Waals surface area (Å²) in [5.41, 5.74) is 2.13. The maximum atomic E-state index is 5.75. The first-order chi connectivity index (χ1) is 14.7. The Morgan fingerprint density at radius 1 is 0.900 bits per heavy atom. The van der Waals surface area contributed by atoms with Gasteiger partial charge in [0.05, 0.1) is 34.5 Å². The maximum Gasteiger partial charge on any atom is 0.191 e. The van der Waals surface area contributed by atoms with Crippen LogP contribution in [0.15, 0.2) is 47.5 Å². The van der Waals surface area contributed by atoms with Gasteiger partial charge in [0, 0.05) is 31.3 Å². The van der Waals surface area contributed by atoms with Crippen molar-refractivity contribution in [2.45, 2.75) is 26.5 Å². The van der Waals surface area contributed by atoms with Crippen molar-refractivity contribution in [1.29, 1.82) is 0 Å². The summed E-state index contributed by atoms with van der Waals surface area (Å²) in [6, 6.07) is 13.7. The number of ether oxygens (including phenoxy) is 4. The zero-order valence-corrected chi connectivity index (χ0v) is 18.4. The summed E-state index contributed by atoms with van der Waals surface area (Å²) in [6.07, 6.45) is 0.881. The van der Waals surface area contributed by atoms with Gasteiger partial charge in [-0.1, -0.05) is 12.1 Å². The first-order valence-electron chi connectivity index (χ1n) is 10.1. The van der Waals surface area contributed by atoms with Gasteiger partial charge >= 0.3 is 0 Å². The SMILES string of the molecule is CCNC(=NCc1ccc(OC)cc1OC)NCCCOCc1ccc(OC)cc1. The number of hydrogen-bond acceptors (Lipinski definition) is 5. The van der Waals surface area contributed by atoms with Crippen molar-refractivity contribution in [3.05, 3.63) is 53.6 Å². The van der Waals surface area contributed by atoms with Crippen LogP contribution in [0.4, 0.5) is 0 Å². The average Bonchev–Trinajstić information content (AvgIpc) is 2.79. The molecule has 0 amide bonds. The van der Waals surface area contributed by atoms with Gasteiger partial charge in [-0.15, -0.1) is 0 Å². The Morgan fingerprint density at radius 3 is 2.30 bits per heavy atom. The lowest BCUT2D eigenvalue weighted by Crippen LogP contribution is -2.38. The molecule has 0 heterocycles. The number of nitrogens with one attached hydrogen (secondary N) is 2. The molecule has 0 aliphatic rings. The Bertz CT molecular complexity index is 779. The minimum Gasteiger partial charge on any atom is -0.497 e. The number of benzene rings is 2. The molecule has 0 saturated heterocycles. The number of guanidine groups is 1. The van der Waals surface area contributed by atoms with Crippen LogP contribution in [0, 0.1) is 0 Å². The fourth-order valence-corrected chi connectivity index (χ4v) is 2.78. The van der Waals surface area contributed by atoms with Crippen LogP contribution < -0.4 is 24.8 Å². The Balaban J connectivity index is 1.75. The lowest BCUT2D eigenvalue weighted by Gasteiger charge is -2.13. The van der Waals surface area contributed by atoms with Gasteiger partial charge < -0.3 is 29.6 Å². The first-order valence-corrected chi connectivity index (χ1v) is 10.1. The molecule has 164 valence electrons. The van der Waals surface area contributed by atoms with Crippen LogP contribution in [-0.4, -0.2) is 47.0 Å². The van der Waals surface area contributed by atoms with E-state index in [1.807, 2.05) is 49.4 Å². The van der Waals surface area contributed by atoms with E-state index >= 15 is 0 Å². The van der Waals surface area contributed by atoms with E-state index in [0.29, 0.717) is 19.8 Å². The molecule has 0 bridgehead atoms. The monoisotopic (exact) mass is 415 g/mol. The minimum absolute atomic E-state index is 0.510. The Labute approximate surface area is 179 Å². The average molecular weight is 416 g/mol. The van der Waals surface area contributed by atoms with Crippen molar-refractivity contribution in [1.82, 2.24) is 10.6 Å². The van der Waals surface area contributed by atoms with Gasteiger partial charge in [-0.25, -0.2) is 4.99 Å². The molecule has 0 saturated carbocycles. The summed E-state index contributed by atoms with van der Waals surface area (Å²) in [6.45, 7) is 5.38. The molecule has 30 heavy (non-hydrogen) atoms. The second-order valence-electron chi connectivity index (χ2n) is 6.55. The number of methoxy groups -OCH3 is 3. The normalized spacial score (nSPS) is 11.1. The second kappa shape index (κ2) is 13.3. The summed E-state index contributed by atoms with van der Waals surface area (Å²) in [4.78, 5) is 4.65. The number of rotatable bonds is 12. The zero-order chi connectivity index (χ0) is 21.6. The molecule has 2 aromatic carbocycles. The summed E-state index contributed by atoms with van der Waals surface area (Å²) in [7, 11) is 4.95.